The van der Waals surface area contributed by atoms with Gasteiger partial charge in [0.15, 0.2) is 0 Å². The van der Waals surface area contributed by atoms with Crippen LogP contribution < -0.4 is 4.74 Å². The lowest BCUT2D eigenvalue weighted by Gasteiger charge is -2.42. The number of benzene rings is 1. The van der Waals surface area contributed by atoms with Gasteiger partial charge in [-0.1, -0.05) is 31.4 Å². The highest BCUT2D eigenvalue weighted by Gasteiger charge is 2.38. The number of hydrogen-bond donors (Lipinski definition) is 0. The Labute approximate surface area is 201 Å². The third kappa shape index (κ3) is 5.11. The van der Waals surface area contributed by atoms with Crippen molar-refractivity contribution in [2.75, 3.05) is 20.2 Å². The number of nitrogens with zero attached hydrogens (tertiary/aromatic N) is 2. The van der Waals surface area contributed by atoms with Crippen molar-refractivity contribution in [1.29, 1.82) is 0 Å². The monoisotopic (exact) mass is 468 g/mol. The molecule has 2 amide bonds. The predicted molar refractivity (Wildman–Crippen MR) is 133 cm³/mol. The number of ether oxygens (including phenoxy) is 1. The molecule has 0 radical (unpaired) electrons. The molecule has 4 rings (SSSR count). The Balaban J connectivity index is 1.60. The molecule has 2 aliphatic rings. The Hall–Kier alpha value is -2.34. The summed E-state index contributed by atoms with van der Waals surface area (Å²) in [6, 6.07) is 10.0. The van der Waals surface area contributed by atoms with E-state index >= 15 is 0 Å². The average molecular weight is 469 g/mol. The van der Waals surface area contributed by atoms with Crippen molar-refractivity contribution in [3.63, 3.8) is 0 Å². The SMILES string of the molecule is COc1ccc([C@H]2c3ccsc3CCN2C(=O)CN(C(=O)C2CCCCC2)C(C)(C)C)cc1. The van der Waals surface area contributed by atoms with E-state index in [1.165, 1.54) is 16.9 Å². The molecule has 1 aromatic heterocycles. The average Bonchev–Trinajstić information content (AvgIpc) is 3.30. The second kappa shape index (κ2) is 9.88. The fourth-order valence-corrected chi connectivity index (χ4v) is 6.08. The fraction of sp³-hybridized carbons (Fsp3) is 0.556. The first kappa shape index (κ1) is 23.8. The molecule has 33 heavy (non-hydrogen) atoms. The van der Waals surface area contributed by atoms with Crippen LogP contribution in [0.2, 0.25) is 0 Å². The first-order chi connectivity index (χ1) is 15.8. The van der Waals surface area contributed by atoms with Crippen LogP contribution in [0.1, 0.15) is 74.9 Å². The maximum atomic E-state index is 13.8. The number of carbonyl (C=O) groups excluding carboxylic acids is 2. The van der Waals surface area contributed by atoms with Crippen LogP contribution in [0.25, 0.3) is 0 Å². The lowest BCUT2D eigenvalue weighted by molar-refractivity contribution is -0.149. The van der Waals surface area contributed by atoms with Gasteiger partial charge in [-0.05, 0) is 74.7 Å². The van der Waals surface area contributed by atoms with Crippen LogP contribution in [0, 0.1) is 5.92 Å². The van der Waals surface area contributed by atoms with E-state index < -0.39 is 5.54 Å². The highest BCUT2D eigenvalue weighted by Crippen LogP contribution is 2.38. The Bertz CT molecular complexity index is 970. The summed E-state index contributed by atoms with van der Waals surface area (Å²) in [5.74, 6) is 1.01. The van der Waals surface area contributed by atoms with Gasteiger partial charge in [0.2, 0.25) is 11.8 Å². The zero-order chi connectivity index (χ0) is 23.6. The molecule has 5 nitrogen and oxygen atoms in total. The second-order valence-corrected chi connectivity index (χ2v) is 11.2. The first-order valence-electron chi connectivity index (χ1n) is 12.1. The number of carbonyl (C=O) groups is 2. The minimum absolute atomic E-state index is 0.0201. The molecule has 1 aromatic carbocycles. The molecular weight excluding hydrogens is 432 g/mol. The van der Waals surface area contributed by atoms with Crippen molar-refractivity contribution < 1.29 is 14.3 Å². The van der Waals surface area contributed by atoms with Gasteiger partial charge in [-0.25, -0.2) is 0 Å². The van der Waals surface area contributed by atoms with Crippen molar-refractivity contribution >= 4 is 23.2 Å². The van der Waals surface area contributed by atoms with E-state index in [9.17, 15) is 9.59 Å². The lowest BCUT2D eigenvalue weighted by atomic mass is 9.87. The standard InChI is InChI=1S/C27H36N2O3S/c1-27(2,3)29(26(31)20-8-6-5-7-9-20)18-24(30)28-16-14-23-22(15-17-33-23)25(28)19-10-12-21(32-4)13-11-19/h10-13,15,17,20,25H,5-9,14,16,18H2,1-4H3/t25-/m0/s1. The molecule has 0 bridgehead atoms. The maximum Gasteiger partial charge on any atom is 0.243 e. The van der Waals surface area contributed by atoms with Gasteiger partial charge >= 0.3 is 0 Å². The van der Waals surface area contributed by atoms with Gasteiger partial charge in [-0.15, -0.1) is 11.3 Å². The van der Waals surface area contributed by atoms with Gasteiger partial charge in [-0.3, -0.25) is 9.59 Å². The number of fused-ring (bicyclic) bond motifs is 1. The molecule has 1 aliphatic heterocycles. The molecule has 0 unspecified atom stereocenters. The zero-order valence-electron chi connectivity index (χ0n) is 20.3. The van der Waals surface area contributed by atoms with Gasteiger partial charge in [0.25, 0.3) is 0 Å². The third-order valence-electron chi connectivity index (χ3n) is 7.04. The van der Waals surface area contributed by atoms with Crippen LogP contribution in [0.5, 0.6) is 5.75 Å². The Kier molecular flexibility index (Phi) is 7.13. The van der Waals surface area contributed by atoms with Gasteiger partial charge in [-0.2, -0.15) is 0 Å². The molecule has 0 saturated heterocycles. The summed E-state index contributed by atoms with van der Waals surface area (Å²) in [6.07, 6.45) is 6.16. The van der Waals surface area contributed by atoms with E-state index in [0.717, 1.165) is 43.4 Å². The molecule has 6 heteroatoms. The van der Waals surface area contributed by atoms with Crippen LogP contribution in [-0.2, 0) is 16.0 Å². The fourth-order valence-electron chi connectivity index (χ4n) is 5.17. The van der Waals surface area contributed by atoms with E-state index in [2.05, 4.69) is 11.4 Å². The smallest absolute Gasteiger partial charge is 0.243 e. The zero-order valence-corrected chi connectivity index (χ0v) is 21.1. The summed E-state index contributed by atoms with van der Waals surface area (Å²) in [6.45, 7) is 6.91. The van der Waals surface area contributed by atoms with E-state index in [1.807, 2.05) is 54.8 Å². The molecule has 2 heterocycles. The van der Waals surface area contributed by atoms with Crippen molar-refractivity contribution in [1.82, 2.24) is 9.80 Å². The summed E-state index contributed by atoms with van der Waals surface area (Å²) in [5.41, 5.74) is 1.87. The van der Waals surface area contributed by atoms with Gasteiger partial charge in [0, 0.05) is 22.9 Å². The topological polar surface area (TPSA) is 49.9 Å². The molecule has 1 fully saturated rings. The number of hydrogen-bond acceptors (Lipinski definition) is 4. The summed E-state index contributed by atoms with van der Waals surface area (Å²) in [5, 5.41) is 2.11. The van der Waals surface area contributed by atoms with Gasteiger partial charge < -0.3 is 14.5 Å². The van der Waals surface area contributed by atoms with Gasteiger partial charge in [0.1, 0.15) is 12.3 Å². The third-order valence-corrected chi connectivity index (χ3v) is 8.04. The van der Waals surface area contributed by atoms with Crippen molar-refractivity contribution in [2.45, 2.75) is 70.9 Å². The van der Waals surface area contributed by atoms with Crippen LogP contribution >= 0.6 is 11.3 Å². The van der Waals surface area contributed by atoms with Crippen molar-refractivity contribution in [3.05, 3.63) is 51.7 Å². The van der Waals surface area contributed by atoms with Crippen LogP contribution in [0.15, 0.2) is 35.7 Å². The van der Waals surface area contributed by atoms with Crippen molar-refractivity contribution in [3.8, 4) is 5.75 Å². The summed E-state index contributed by atoms with van der Waals surface area (Å²) < 4.78 is 5.34. The molecule has 2 aromatic rings. The Morgan fingerprint density at radius 2 is 1.79 bits per heavy atom. The largest absolute Gasteiger partial charge is 0.497 e. The Morgan fingerprint density at radius 3 is 2.42 bits per heavy atom. The molecule has 0 N–H and O–H groups in total. The summed E-state index contributed by atoms with van der Waals surface area (Å²) in [4.78, 5) is 32.4. The first-order valence-corrected chi connectivity index (χ1v) is 13.0. The molecule has 178 valence electrons. The highest BCUT2D eigenvalue weighted by atomic mass is 32.1. The lowest BCUT2D eigenvalue weighted by Crippen LogP contribution is -2.54. The summed E-state index contributed by atoms with van der Waals surface area (Å²) in [7, 11) is 1.66. The van der Waals surface area contributed by atoms with Crippen LogP contribution in [0.3, 0.4) is 0 Å². The van der Waals surface area contributed by atoms with Crippen LogP contribution in [0.4, 0.5) is 0 Å². The van der Waals surface area contributed by atoms with E-state index in [0.29, 0.717) is 6.54 Å². The van der Waals surface area contributed by atoms with E-state index in [1.54, 1.807) is 18.4 Å². The number of amides is 2. The van der Waals surface area contributed by atoms with Crippen LogP contribution in [-0.4, -0.2) is 47.4 Å². The predicted octanol–water partition coefficient (Wildman–Crippen LogP) is 5.44. The quantitative estimate of drug-likeness (QED) is 0.587. The number of thiophene rings is 1. The van der Waals surface area contributed by atoms with Gasteiger partial charge in [0.05, 0.1) is 13.2 Å². The minimum Gasteiger partial charge on any atom is -0.497 e. The maximum absolute atomic E-state index is 13.8. The molecule has 1 atom stereocenters. The molecule has 0 spiro atoms. The van der Waals surface area contributed by atoms with Crippen molar-refractivity contribution in [2.24, 2.45) is 5.92 Å². The number of methoxy groups -OCH3 is 1. The summed E-state index contributed by atoms with van der Waals surface area (Å²) >= 11 is 1.76. The normalized spacial score (nSPS) is 19.2. The molecule has 1 aliphatic carbocycles. The molecular formula is C27H36N2O3S. The Morgan fingerprint density at radius 1 is 1.09 bits per heavy atom. The second-order valence-electron chi connectivity index (χ2n) is 10.2. The highest BCUT2D eigenvalue weighted by molar-refractivity contribution is 7.10. The number of rotatable bonds is 5. The van der Waals surface area contributed by atoms with E-state index in [-0.39, 0.29) is 30.3 Å². The molecule has 1 saturated carbocycles. The van der Waals surface area contributed by atoms with E-state index in [4.69, 9.17) is 4.74 Å². The minimum atomic E-state index is -0.400.